The van der Waals surface area contributed by atoms with Gasteiger partial charge < -0.3 is 26.9 Å². The standard InChI is InChI=1S/3C16H36N2/c3*1-17(2)13-9-5-7-11-15-18(3,4)16-12-8-6-10-14-17/h3*5-16H2,1-4H3/q3*+2. The molecule has 6 heteroatoms. The number of nitrogens with zero attached hydrogens (tertiary/aromatic N) is 6. The van der Waals surface area contributed by atoms with E-state index in [1.54, 1.807) is 0 Å². The van der Waals surface area contributed by atoms with E-state index in [0.29, 0.717) is 0 Å². The minimum atomic E-state index is 1.24. The van der Waals surface area contributed by atoms with Crippen LogP contribution in [0.1, 0.15) is 154 Å². The maximum Gasteiger partial charge on any atom is 0.0782 e. The molecule has 3 aliphatic rings. The normalized spacial score (nSPS) is 27.3. The van der Waals surface area contributed by atoms with Gasteiger partial charge in [-0.1, -0.05) is 0 Å². The first kappa shape index (κ1) is 51.8. The van der Waals surface area contributed by atoms with Gasteiger partial charge >= 0.3 is 0 Å². The largest absolute Gasteiger partial charge is 0.328 e. The van der Waals surface area contributed by atoms with E-state index in [1.807, 2.05) is 0 Å². The van der Waals surface area contributed by atoms with E-state index in [9.17, 15) is 0 Å². The predicted octanol–water partition coefficient (Wildman–Crippen LogP) is 9.82. The van der Waals surface area contributed by atoms with Crippen molar-refractivity contribution in [3.05, 3.63) is 0 Å². The van der Waals surface area contributed by atoms with Crippen molar-refractivity contribution in [2.24, 2.45) is 0 Å². The summed E-state index contributed by atoms with van der Waals surface area (Å²) >= 11 is 0. The fourth-order valence-electron chi connectivity index (χ4n) is 9.27. The van der Waals surface area contributed by atoms with Gasteiger partial charge in [-0.15, -0.1) is 0 Å². The van der Waals surface area contributed by atoms with Crippen molar-refractivity contribution in [2.75, 3.05) is 163 Å². The maximum absolute atomic E-state index is 2.41. The summed E-state index contributed by atoms with van der Waals surface area (Å²) < 4.78 is 7.43. The zero-order valence-electron chi connectivity index (χ0n) is 40.1. The molecule has 324 valence electrons. The van der Waals surface area contributed by atoms with Crippen molar-refractivity contribution in [1.82, 2.24) is 0 Å². The quantitative estimate of drug-likeness (QED) is 0.216. The van der Waals surface area contributed by atoms with Gasteiger partial charge in [-0.25, -0.2) is 0 Å². The zero-order chi connectivity index (χ0) is 40.5. The van der Waals surface area contributed by atoms with Gasteiger partial charge in [0, 0.05) is 0 Å². The lowest BCUT2D eigenvalue weighted by molar-refractivity contribution is -0.892. The lowest BCUT2D eigenvalue weighted by Crippen LogP contribution is -2.42. The van der Waals surface area contributed by atoms with Crippen molar-refractivity contribution in [1.29, 1.82) is 0 Å². The summed E-state index contributed by atoms with van der Waals surface area (Å²) in [7, 11) is 28.9. The molecule has 0 aromatic rings. The molecule has 0 N–H and O–H groups in total. The summed E-state index contributed by atoms with van der Waals surface area (Å²) in [6.07, 6.45) is 34.2. The lowest BCUT2D eigenvalue weighted by atomic mass is 10.1. The second-order valence-corrected chi connectivity index (χ2v) is 22.8. The van der Waals surface area contributed by atoms with Crippen molar-refractivity contribution < 1.29 is 26.9 Å². The Hall–Kier alpha value is -0.240. The summed E-state index contributed by atoms with van der Waals surface area (Å²) in [4.78, 5) is 0. The SMILES string of the molecule is C[N+]1(C)CCCCCC[N+](C)(C)CCCCCC1.C[N+]1(C)CCCCCC[N+](C)(C)CCCCCC1.C[N+]1(C)CCCCCC[N+](C)(C)CCCCCC1. The van der Waals surface area contributed by atoms with Gasteiger partial charge in [-0.3, -0.25) is 0 Å². The van der Waals surface area contributed by atoms with E-state index >= 15 is 0 Å². The molecule has 0 radical (unpaired) electrons. The zero-order valence-corrected chi connectivity index (χ0v) is 40.1. The summed E-state index contributed by atoms with van der Waals surface area (Å²) in [5, 5.41) is 0. The molecule has 0 amide bonds. The third kappa shape index (κ3) is 30.8. The van der Waals surface area contributed by atoms with Crippen LogP contribution in [0, 0.1) is 0 Å². The third-order valence-corrected chi connectivity index (χ3v) is 13.7. The Morgan fingerprint density at radius 1 is 0.130 bits per heavy atom. The topological polar surface area (TPSA) is 0 Å². The molecule has 0 unspecified atom stereocenters. The third-order valence-electron chi connectivity index (χ3n) is 13.7. The summed E-state index contributed by atoms with van der Waals surface area (Å²) in [5.74, 6) is 0. The molecule has 0 bridgehead atoms. The molecule has 3 rings (SSSR count). The molecule has 3 heterocycles. The predicted molar refractivity (Wildman–Crippen MR) is 242 cm³/mol. The van der Waals surface area contributed by atoms with E-state index in [2.05, 4.69) is 84.6 Å². The Kier molecular flexibility index (Phi) is 26.3. The Labute approximate surface area is 343 Å². The summed E-state index contributed by atoms with van der Waals surface area (Å²) in [6, 6.07) is 0. The average Bonchev–Trinajstić information content (AvgIpc) is 3.06. The second kappa shape index (κ2) is 27.4. The van der Waals surface area contributed by atoms with Gasteiger partial charge in [-0.05, 0) is 154 Å². The average molecular weight is 769 g/mol. The molecule has 54 heavy (non-hydrogen) atoms. The number of rotatable bonds is 0. The van der Waals surface area contributed by atoms with Crippen LogP contribution in [-0.4, -0.2) is 190 Å². The van der Waals surface area contributed by atoms with Crippen LogP contribution in [0.15, 0.2) is 0 Å². The van der Waals surface area contributed by atoms with Crippen LogP contribution in [-0.2, 0) is 0 Å². The Morgan fingerprint density at radius 3 is 0.278 bits per heavy atom. The number of hydrogen-bond acceptors (Lipinski definition) is 0. The lowest BCUT2D eigenvalue weighted by Gasteiger charge is -2.32. The van der Waals surface area contributed by atoms with Gasteiger partial charge in [0.2, 0.25) is 0 Å². The highest BCUT2D eigenvalue weighted by Gasteiger charge is 2.20. The molecule has 0 aromatic heterocycles. The summed E-state index contributed by atoms with van der Waals surface area (Å²) in [5.41, 5.74) is 0. The Morgan fingerprint density at radius 2 is 0.204 bits per heavy atom. The van der Waals surface area contributed by atoms with E-state index in [4.69, 9.17) is 0 Å². The Bertz CT molecular complexity index is 646. The molecular weight excluding hydrogens is 661 g/mol. The van der Waals surface area contributed by atoms with Crippen LogP contribution < -0.4 is 0 Å². The van der Waals surface area contributed by atoms with Crippen LogP contribution in [0.25, 0.3) is 0 Å². The Balaban J connectivity index is 0.000000405. The first-order chi connectivity index (χ1) is 25.2. The molecule has 3 fully saturated rings. The molecule has 3 saturated heterocycles. The van der Waals surface area contributed by atoms with Gasteiger partial charge in [0.25, 0.3) is 0 Å². The van der Waals surface area contributed by atoms with E-state index in [-0.39, 0.29) is 0 Å². The highest BCUT2D eigenvalue weighted by Crippen LogP contribution is 2.16. The van der Waals surface area contributed by atoms with Crippen molar-refractivity contribution >= 4 is 0 Å². The molecule has 6 nitrogen and oxygen atoms in total. The van der Waals surface area contributed by atoms with Gasteiger partial charge in [0.15, 0.2) is 0 Å². The highest BCUT2D eigenvalue weighted by atomic mass is 15.3. The number of quaternary nitrogens is 6. The smallest absolute Gasteiger partial charge is 0.0782 e. The van der Waals surface area contributed by atoms with Crippen molar-refractivity contribution in [3.8, 4) is 0 Å². The van der Waals surface area contributed by atoms with E-state index in [0.717, 1.165) is 0 Å². The summed E-state index contributed by atoms with van der Waals surface area (Å²) in [6.45, 7) is 16.5. The minimum Gasteiger partial charge on any atom is -0.328 e. The molecule has 0 aromatic carbocycles. The highest BCUT2D eigenvalue weighted by molar-refractivity contribution is 4.52. The maximum atomic E-state index is 2.41. The van der Waals surface area contributed by atoms with Crippen molar-refractivity contribution in [3.63, 3.8) is 0 Å². The first-order valence-corrected chi connectivity index (χ1v) is 24.2. The molecular formula is C48H108N6+6. The second-order valence-electron chi connectivity index (χ2n) is 22.8. The van der Waals surface area contributed by atoms with E-state index < -0.39 is 0 Å². The van der Waals surface area contributed by atoms with Crippen LogP contribution in [0.3, 0.4) is 0 Å². The van der Waals surface area contributed by atoms with Gasteiger partial charge in [0.1, 0.15) is 0 Å². The molecule has 0 saturated carbocycles. The fourth-order valence-corrected chi connectivity index (χ4v) is 9.27. The molecule has 0 spiro atoms. The van der Waals surface area contributed by atoms with Crippen molar-refractivity contribution in [2.45, 2.75) is 154 Å². The van der Waals surface area contributed by atoms with E-state index in [1.165, 1.54) is 260 Å². The van der Waals surface area contributed by atoms with Crippen LogP contribution in [0.5, 0.6) is 0 Å². The fraction of sp³-hybridized carbons (Fsp3) is 1.00. The van der Waals surface area contributed by atoms with Crippen LogP contribution in [0.2, 0.25) is 0 Å². The van der Waals surface area contributed by atoms with Crippen LogP contribution >= 0.6 is 0 Å². The monoisotopic (exact) mass is 769 g/mol. The number of hydrogen-bond donors (Lipinski definition) is 0. The van der Waals surface area contributed by atoms with Crippen LogP contribution in [0.4, 0.5) is 0 Å². The first-order valence-electron chi connectivity index (χ1n) is 24.2. The van der Waals surface area contributed by atoms with Gasteiger partial charge in [0.05, 0.1) is 163 Å². The molecule has 0 aliphatic carbocycles. The minimum absolute atomic E-state index is 1.24. The van der Waals surface area contributed by atoms with Gasteiger partial charge in [-0.2, -0.15) is 0 Å². The molecule has 3 aliphatic heterocycles. The molecule has 0 atom stereocenters.